The molecule has 116 valence electrons. The monoisotopic (exact) mass is 286 g/mol. The maximum Gasteiger partial charge on any atom is 0.329 e. The van der Waals surface area contributed by atoms with Crippen LogP contribution in [-0.2, 0) is 14.3 Å². The van der Waals surface area contributed by atoms with Crippen LogP contribution in [0.15, 0.2) is 0 Å². The van der Waals surface area contributed by atoms with Gasteiger partial charge in [0.25, 0.3) is 0 Å². The quantitative estimate of drug-likeness (QED) is 0.649. The highest BCUT2D eigenvalue weighted by molar-refractivity contribution is 5.90. The maximum atomic E-state index is 12.4. The van der Waals surface area contributed by atoms with E-state index in [-0.39, 0.29) is 5.91 Å². The highest BCUT2D eigenvalue weighted by Gasteiger charge is 2.49. The van der Waals surface area contributed by atoms with Gasteiger partial charge in [0.1, 0.15) is 5.54 Å². The molecule has 0 aromatic heterocycles. The van der Waals surface area contributed by atoms with E-state index in [1.807, 2.05) is 6.92 Å². The van der Waals surface area contributed by atoms with Gasteiger partial charge in [-0.1, -0.05) is 13.3 Å². The third kappa shape index (κ3) is 3.49. The molecule has 1 aliphatic heterocycles. The van der Waals surface area contributed by atoms with Gasteiger partial charge in [-0.15, -0.1) is 0 Å². The number of aliphatic carboxylic acids is 1. The Kier molecular flexibility index (Phi) is 6.42. The van der Waals surface area contributed by atoms with Crippen LogP contribution in [0.1, 0.15) is 45.4 Å². The number of ether oxygens (including phenoxy) is 1. The smallest absolute Gasteiger partial charge is 0.329 e. The molecule has 1 aliphatic rings. The van der Waals surface area contributed by atoms with Crippen molar-refractivity contribution in [3.63, 3.8) is 0 Å². The summed E-state index contributed by atoms with van der Waals surface area (Å²) < 4.78 is 4.94. The molecule has 1 rings (SSSR count). The minimum Gasteiger partial charge on any atom is -0.479 e. The predicted octanol–water partition coefficient (Wildman–Crippen LogP) is 0.986. The number of hydrogen-bond donors (Lipinski definition) is 2. The first-order valence-corrected chi connectivity index (χ1v) is 7.29. The number of carbonyl (C=O) groups is 2. The van der Waals surface area contributed by atoms with Crippen LogP contribution in [0.3, 0.4) is 0 Å². The van der Waals surface area contributed by atoms with Crippen molar-refractivity contribution in [1.82, 2.24) is 4.90 Å². The number of carbonyl (C=O) groups excluding carboxylic acids is 1. The molecule has 3 N–H and O–H groups in total. The summed E-state index contributed by atoms with van der Waals surface area (Å²) in [5.41, 5.74) is 4.86. The van der Waals surface area contributed by atoms with E-state index < -0.39 is 17.6 Å². The summed E-state index contributed by atoms with van der Waals surface area (Å²) in [6.45, 7) is 2.98. The third-order valence-corrected chi connectivity index (χ3v) is 4.00. The summed E-state index contributed by atoms with van der Waals surface area (Å²) in [5, 5.41) is 9.56. The van der Waals surface area contributed by atoms with Crippen molar-refractivity contribution in [3.8, 4) is 0 Å². The summed E-state index contributed by atoms with van der Waals surface area (Å²) in [4.78, 5) is 25.6. The lowest BCUT2D eigenvalue weighted by Gasteiger charge is -2.36. The Balaban J connectivity index is 2.76. The zero-order valence-corrected chi connectivity index (χ0v) is 12.4. The Morgan fingerprint density at radius 1 is 1.50 bits per heavy atom. The number of hydrogen-bond acceptors (Lipinski definition) is 4. The molecule has 0 aromatic rings. The average Bonchev–Trinajstić information content (AvgIpc) is 2.83. The molecule has 0 aromatic carbocycles. The lowest BCUT2D eigenvalue weighted by atomic mass is 9.90. The lowest BCUT2D eigenvalue weighted by molar-refractivity contribution is -0.157. The molecule has 0 aliphatic carbocycles. The van der Waals surface area contributed by atoms with E-state index in [0.717, 1.165) is 12.8 Å². The molecule has 6 nitrogen and oxygen atoms in total. The SMILES string of the molecule is CCCC1(C(=O)O)CCCN1C(=O)C(N)CCCOC. The molecule has 1 amide bonds. The van der Waals surface area contributed by atoms with E-state index in [1.165, 1.54) is 4.90 Å². The number of rotatable bonds is 8. The molecule has 2 unspecified atom stereocenters. The van der Waals surface area contributed by atoms with Gasteiger partial charge in [0.15, 0.2) is 0 Å². The molecule has 1 heterocycles. The Morgan fingerprint density at radius 3 is 2.75 bits per heavy atom. The first kappa shape index (κ1) is 16.9. The minimum atomic E-state index is -1.05. The van der Waals surface area contributed by atoms with E-state index in [1.54, 1.807) is 7.11 Å². The van der Waals surface area contributed by atoms with Gasteiger partial charge >= 0.3 is 5.97 Å². The Hall–Kier alpha value is -1.14. The number of amides is 1. The van der Waals surface area contributed by atoms with E-state index in [4.69, 9.17) is 10.5 Å². The summed E-state index contributed by atoms with van der Waals surface area (Å²) in [5.74, 6) is -1.15. The van der Waals surface area contributed by atoms with Crippen LogP contribution in [0.25, 0.3) is 0 Å². The first-order chi connectivity index (χ1) is 9.49. The van der Waals surface area contributed by atoms with Crippen LogP contribution in [0, 0.1) is 0 Å². The molecule has 1 saturated heterocycles. The van der Waals surface area contributed by atoms with E-state index in [9.17, 15) is 14.7 Å². The number of likely N-dealkylation sites (tertiary alicyclic amines) is 1. The van der Waals surface area contributed by atoms with Gasteiger partial charge in [-0.05, 0) is 32.1 Å². The average molecular weight is 286 g/mol. The molecule has 0 bridgehead atoms. The largest absolute Gasteiger partial charge is 0.479 e. The highest BCUT2D eigenvalue weighted by Crippen LogP contribution is 2.34. The van der Waals surface area contributed by atoms with Gasteiger partial charge in [0, 0.05) is 20.3 Å². The number of carboxylic acids is 1. The zero-order chi connectivity index (χ0) is 15.2. The topological polar surface area (TPSA) is 92.9 Å². The normalized spacial score (nSPS) is 23.9. The number of carboxylic acid groups (broad SMARTS) is 1. The number of nitrogens with zero attached hydrogens (tertiary/aromatic N) is 1. The summed E-state index contributed by atoms with van der Waals surface area (Å²) in [6.07, 6.45) is 3.68. The Bertz CT molecular complexity index is 348. The van der Waals surface area contributed by atoms with Crippen molar-refractivity contribution in [1.29, 1.82) is 0 Å². The summed E-state index contributed by atoms with van der Waals surface area (Å²) in [7, 11) is 1.60. The molecule has 2 atom stereocenters. The molecule has 0 spiro atoms. The summed E-state index contributed by atoms with van der Waals surface area (Å²) in [6, 6.07) is -0.640. The minimum absolute atomic E-state index is 0.241. The second-order valence-electron chi connectivity index (χ2n) is 5.42. The summed E-state index contributed by atoms with van der Waals surface area (Å²) >= 11 is 0. The Morgan fingerprint density at radius 2 is 2.20 bits per heavy atom. The van der Waals surface area contributed by atoms with E-state index in [0.29, 0.717) is 38.8 Å². The van der Waals surface area contributed by atoms with Gasteiger partial charge < -0.3 is 20.5 Å². The van der Waals surface area contributed by atoms with Crippen LogP contribution in [0.2, 0.25) is 0 Å². The molecule has 6 heteroatoms. The zero-order valence-electron chi connectivity index (χ0n) is 12.4. The van der Waals surface area contributed by atoms with Crippen molar-refractivity contribution >= 4 is 11.9 Å². The van der Waals surface area contributed by atoms with Crippen molar-refractivity contribution in [2.24, 2.45) is 5.73 Å². The van der Waals surface area contributed by atoms with Crippen molar-refractivity contribution < 1.29 is 19.4 Å². The lowest BCUT2D eigenvalue weighted by Crippen LogP contribution is -2.57. The van der Waals surface area contributed by atoms with E-state index in [2.05, 4.69) is 0 Å². The second-order valence-corrected chi connectivity index (χ2v) is 5.42. The predicted molar refractivity (Wildman–Crippen MR) is 75.3 cm³/mol. The number of methoxy groups -OCH3 is 1. The highest BCUT2D eigenvalue weighted by atomic mass is 16.5. The van der Waals surface area contributed by atoms with Gasteiger partial charge in [0.2, 0.25) is 5.91 Å². The molecule has 20 heavy (non-hydrogen) atoms. The van der Waals surface area contributed by atoms with Crippen molar-refractivity contribution in [3.05, 3.63) is 0 Å². The molecule has 1 fully saturated rings. The van der Waals surface area contributed by atoms with Crippen molar-refractivity contribution in [2.45, 2.75) is 57.0 Å². The van der Waals surface area contributed by atoms with Gasteiger partial charge in [-0.3, -0.25) is 4.79 Å². The molecular weight excluding hydrogens is 260 g/mol. The van der Waals surface area contributed by atoms with Crippen LogP contribution >= 0.6 is 0 Å². The third-order valence-electron chi connectivity index (χ3n) is 4.00. The fraction of sp³-hybridized carbons (Fsp3) is 0.857. The second kappa shape index (κ2) is 7.59. The van der Waals surface area contributed by atoms with Crippen LogP contribution in [0.4, 0.5) is 0 Å². The van der Waals surface area contributed by atoms with Gasteiger partial charge in [-0.25, -0.2) is 4.79 Å². The van der Waals surface area contributed by atoms with Gasteiger partial charge in [-0.2, -0.15) is 0 Å². The Labute approximate surface area is 120 Å². The fourth-order valence-corrected chi connectivity index (χ4v) is 2.97. The van der Waals surface area contributed by atoms with E-state index >= 15 is 0 Å². The van der Waals surface area contributed by atoms with Crippen molar-refractivity contribution in [2.75, 3.05) is 20.3 Å². The molecule has 0 radical (unpaired) electrons. The maximum absolute atomic E-state index is 12.4. The standard InChI is InChI=1S/C14H26N2O4/c1-3-7-14(13(18)19)8-5-9-16(14)12(17)11(15)6-4-10-20-2/h11H,3-10,15H2,1-2H3,(H,18,19). The van der Waals surface area contributed by atoms with Crippen LogP contribution < -0.4 is 5.73 Å². The number of nitrogens with two attached hydrogens (primary N) is 1. The first-order valence-electron chi connectivity index (χ1n) is 7.29. The van der Waals surface area contributed by atoms with Gasteiger partial charge in [0.05, 0.1) is 6.04 Å². The van der Waals surface area contributed by atoms with Crippen LogP contribution in [0.5, 0.6) is 0 Å². The van der Waals surface area contributed by atoms with Crippen LogP contribution in [-0.4, -0.2) is 53.7 Å². The molecule has 0 saturated carbocycles. The fourth-order valence-electron chi connectivity index (χ4n) is 2.97. The molecular formula is C14H26N2O4.